The zero-order valence-electron chi connectivity index (χ0n) is 16.8. The molecule has 9 nitrogen and oxygen atoms in total. The van der Waals surface area contributed by atoms with Crippen molar-refractivity contribution in [1.29, 1.82) is 0 Å². The molecular formula is C22H16ClN5O4S. The van der Waals surface area contributed by atoms with E-state index in [0.29, 0.717) is 27.7 Å². The van der Waals surface area contributed by atoms with Gasteiger partial charge < -0.3 is 4.42 Å². The summed E-state index contributed by atoms with van der Waals surface area (Å²) in [5.74, 6) is 0.505. The van der Waals surface area contributed by atoms with Gasteiger partial charge in [0.15, 0.2) is 0 Å². The van der Waals surface area contributed by atoms with Gasteiger partial charge in [-0.1, -0.05) is 11.6 Å². The number of carbonyl (C=O) groups is 1. The van der Waals surface area contributed by atoms with E-state index < -0.39 is 10.0 Å². The standard InChI is InChI=1S/C22H16ClN5O4S/c23-17-6-2-16(3-7-17)21(29)27-26-14-18-8-11-20(32-18)15-4-9-19(10-5-15)33(30,31)28-22-24-12-1-13-25-22/h1-14H,(H,27,29)(H,24,25,28). The third-order valence-electron chi connectivity index (χ3n) is 4.33. The highest BCUT2D eigenvalue weighted by Crippen LogP contribution is 2.24. The molecule has 2 heterocycles. The van der Waals surface area contributed by atoms with E-state index in [9.17, 15) is 13.2 Å². The number of halogens is 1. The van der Waals surface area contributed by atoms with Crippen LogP contribution in [0.2, 0.25) is 5.02 Å². The quantitative estimate of drug-likeness (QED) is 0.304. The fourth-order valence-corrected chi connectivity index (χ4v) is 3.81. The SMILES string of the molecule is O=C(NN=Cc1ccc(-c2ccc(S(=O)(=O)Nc3ncccn3)cc2)o1)c1ccc(Cl)cc1. The number of anilines is 1. The summed E-state index contributed by atoms with van der Waals surface area (Å²) < 4.78 is 32.9. The second-order valence-corrected chi connectivity index (χ2v) is 8.73. The average Bonchev–Trinajstić information content (AvgIpc) is 3.29. The first kappa shape index (κ1) is 22.2. The molecule has 0 bridgehead atoms. The number of benzene rings is 2. The summed E-state index contributed by atoms with van der Waals surface area (Å²) in [7, 11) is -3.83. The van der Waals surface area contributed by atoms with E-state index in [1.807, 2.05) is 0 Å². The Morgan fingerprint density at radius 2 is 1.67 bits per heavy atom. The Kier molecular flexibility index (Phi) is 6.48. The number of aromatic nitrogens is 2. The van der Waals surface area contributed by atoms with Crippen LogP contribution in [0.15, 0.2) is 93.5 Å². The molecule has 0 radical (unpaired) electrons. The molecule has 0 aliphatic carbocycles. The molecule has 166 valence electrons. The van der Waals surface area contributed by atoms with Crippen LogP contribution < -0.4 is 10.1 Å². The van der Waals surface area contributed by atoms with Crippen LogP contribution in [0.5, 0.6) is 0 Å². The van der Waals surface area contributed by atoms with Crippen molar-refractivity contribution in [2.75, 3.05) is 4.72 Å². The van der Waals surface area contributed by atoms with Crippen molar-refractivity contribution in [1.82, 2.24) is 15.4 Å². The normalized spacial score (nSPS) is 11.4. The lowest BCUT2D eigenvalue weighted by molar-refractivity contribution is 0.0955. The van der Waals surface area contributed by atoms with Crippen LogP contribution in [-0.4, -0.2) is 30.5 Å². The maximum Gasteiger partial charge on any atom is 0.271 e. The van der Waals surface area contributed by atoms with Crippen LogP contribution in [0.25, 0.3) is 11.3 Å². The summed E-state index contributed by atoms with van der Waals surface area (Å²) in [6, 6.07) is 17.5. The molecule has 4 rings (SSSR count). The molecule has 0 saturated heterocycles. The van der Waals surface area contributed by atoms with E-state index >= 15 is 0 Å². The van der Waals surface area contributed by atoms with Gasteiger partial charge in [0.25, 0.3) is 15.9 Å². The highest BCUT2D eigenvalue weighted by atomic mass is 35.5. The molecule has 0 fully saturated rings. The van der Waals surface area contributed by atoms with Gasteiger partial charge in [-0.25, -0.2) is 28.5 Å². The van der Waals surface area contributed by atoms with Gasteiger partial charge in [-0.3, -0.25) is 4.79 Å². The summed E-state index contributed by atoms with van der Waals surface area (Å²) >= 11 is 5.81. The fourth-order valence-electron chi connectivity index (χ4n) is 2.73. The Hall–Kier alpha value is -4.02. The summed E-state index contributed by atoms with van der Waals surface area (Å²) in [6.45, 7) is 0. The van der Waals surface area contributed by atoms with Gasteiger partial charge in [-0.15, -0.1) is 0 Å². The molecule has 33 heavy (non-hydrogen) atoms. The second-order valence-electron chi connectivity index (χ2n) is 6.61. The van der Waals surface area contributed by atoms with Gasteiger partial charge in [0.1, 0.15) is 11.5 Å². The van der Waals surface area contributed by atoms with E-state index in [-0.39, 0.29) is 16.8 Å². The minimum atomic E-state index is -3.83. The molecule has 0 saturated carbocycles. The number of hydrogen-bond acceptors (Lipinski definition) is 7. The smallest absolute Gasteiger partial charge is 0.271 e. The van der Waals surface area contributed by atoms with Crippen molar-refractivity contribution in [2.24, 2.45) is 5.10 Å². The van der Waals surface area contributed by atoms with Crippen LogP contribution in [0.3, 0.4) is 0 Å². The molecule has 4 aromatic rings. The highest BCUT2D eigenvalue weighted by molar-refractivity contribution is 7.92. The van der Waals surface area contributed by atoms with E-state index in [1.165, 1.54) is 30.7 Å². The Bertz CT molecular complexity index is 1390. The van der Waals surface area contributed by atoms with Crippen LogP contribution in [0.1, 0.15) is 16.1 Å². The Morgan fingerprint density at radius 3 is 2.36 bits per heavy atom. The molecule has 2 aromatic carbocycles. The number of hydrogen-bond donors (Lipinski definition) is 2. The van der Waals surface area contributed by atoms with Crippen LogP contribution in [0.4, 0.5) is 5.95 Å². The van der Waals surface area contributed by atoms with Crippen molar-refractivity contribution >= 4 is 39.7 Å². The molecule has 0 aliphatic heterocycles. The van der Waals surface area contributed by atoms with Gasteiger partial charge >= 0.3 is 0 Å². The monoisotopic (exact) mass is 481 g/mol. The largest absolute Gasteiger partial charge is 0.455 e. The number of nitrogens with one attached hydrogen (secondary N) is 2. The van der Waals surface area contributed by atoms with Crippen molar-refractivity contribution in [2.45, 2.75) is 4.90 Å². The Balaban J connectivity index is 1.40. The van der Waals surface area contributed by atoms with Gasteiger partial charge in [-0.05, 0) is 66.7 Å². The molecule has 0 atom stereocenters. The third-order valence-corrected chi connectivity index (χ3v) is 5.93. The number of carbonyl (C=O) groups excluding carboxylic acids is 1. The fraction of sp³-hybridized carbons (Fsp3) is 0. The topological polar surface area (TPSA) is 127 Å². The minimum absolute atomic E-state index is 0.0142. The molecule has 11 heteroatoms. The Morgan fingerprint density at radius 1 is 0.970 bits per heavy atom. The van der Waals surface area contributed by atoms with E-state index in [4.69, 9.17) is 16.0 Å². The lowest BCUT2D eigenvalue weighted by Gasteiger charge is -2.06. The number of nitrogens with zero attached hydrogens (tertiary/aromatic N) is 3. The molecule has 0 spiro atoms. The predicted octanol–water partition coefficient (Wildman–Crippen LogP) is 3.95. The maximum absolute atomic E-state index is 12.5. The lowest BCUT2D eigenvalue weighted by Crippen LogP contribution is -2.17. The molecule has 0 aliphatic rings. The summed E-state index contributed by atoms with van der Waals surface area (Å²) in [5.41, 5.74) is 3.48. The van der Waals surface area contributed by atoms with E-state index in [2.05, 4.69) is 25.2 Å². The summed E-state index contributed by atoms with van der Waals surface area (Å²) in [6.07, 6.45) is 4.24. The zero-order valence-corrected chi connectivity index (χ0v) is 18.4. The minimum Gasteiger partial charge on any atom is -0.455 e. The van der Waals surface area contributed by atoms with Crippen LogP contribution in [-0.2, 0) is 10.0 Å². The molecule has 0 unspecified atom stereocenters. The zero-order chi connectivity index (χ0) is 23.3. The van der Waals surface area contributed by atoms with E-state index in [0.717, 1.165) is 0 Å². The van der Waals surface area contributed by atoms with E-state index in [1.54, 1.807) is 54.6 Å². The first-order chi connectivity index (χ1) is 15.9. The number of amides is 1. The molecule has 2 aromatic heterocycles. The first-order valence-corrected chi connectivity index (χ1v) is 11.4. The second kappa shape index (κ2) is 9.63. The molecular weight excluding hydrogens is 466 g/mol. The van der Waals surface area contributed by atoms with Gasteiger partial charge in [0.05, 0.1) is 11.1 Å². The molecule has 1 amide bonds. The van der Waals surface area contributed by atoms with Crippen molar-refractivity contribution < 1.29 is 17.6 Å². The maximum atomic E-state index is 12.5. The van der Waals surface area contributed by atoms with Crippen molar-refractivity contribution in [3.63, 3.8) is 0 Å². The number of rotatable bonds is 7. The van der Waals surface area contributed by atoms with Crippen molar-refractivity contribution in [3.05, 3.63) is 95.5 Å². The Labute approximate surface area is 194 Å². The van der Waals surface area contributed by atoms with Gasteiger partial charge in [-0.2, -0.15) is 5.10 Å². The highest BCUT2D eigenvalue weighted by Gasteiger charge is 2.16. The van der Waals surface area contributed by atoms with Gasteiger partial charge in [0.2, 0.25) is 5.95 Å². The number of sulfonamides is 1. The first-order valence-electron chi connectivity index (χ1n) is 9.50. The number of hydrazone groups is 1. The van der Waals surface area contributed by atoms with Crippen LogP contribution in [0, 0.1) is 0 Å². The lowest BCUT2D eigenvalue weighted by atomic mass is 10.2. The molecule has 2 N–H and O–H groups in total. The number of furan rings is 1. The van der Waals surface area contributed by atoms with Crippen molar-refractivity contribution in [3.8, 4) is 11.3 Å². The van der Waals surface area contributed by atoms with Crippen LogP contribution >= 0.6 is 11.6 Å². The average molecular weight is 482 g/mol. The summed E-state index contributed by atoms with van der Waals surface area (Å²) in [5, 5.41) is 4.42. The predicted molar refractivity (Wildman–Crippen MR) is 123 cm³/mol. The van der Waals surface area contributed by atoms with Gasteiger partial charge in [0, 0.05) is 28.5 Å². The summed E-state index contributed by atoms with van der Waals surface area (Å²) in [4.78, 5) is 19.8. The third kappa shape index (κ3) is 5.62.